The molecule has 0 aliphatic heterocycles. The molecule has 0 aliphatic carbocycles. The highest BCUT2D eigenvalue weighted by atomic mass is 16.1. The van der Waals surface area contributed by atoms with Crippen LogP contribution in [0.4, 0.5) is 0 Å². The van der Waals surface area contributed by atoms with Crippen molar-refractivity contribution in [2.75, 3.05) is 0 Å². The van der Waals surface area contributed by atoms with Gasteiger partial charge in [-0.3, -0.25) is 4.79 Å². The number of hydrogen-bond acceptors (Lipinski definition) is 1. The fraction of sp³-hybridized carbons (Fsp3) is 0.962. The van der Waals surface area contributed by atoms with Crippen LogP contribution in [0.3, 0.4) is 0 Å². The molecule has 0 unspecified atom stereocenters. The predicted octanol–water partition coefficient (Wildman–Crippen LogP) is 8.71. The van der Waals surface area contributed by atoms with Gasteiger partial charge in [-0.05, 0) is 19.3 Å². The average molecular weight is 396 g/mol. The van der Waals surface area contributed by atoms with Crippen LogP contribution in [0.25, 0.3) is 0 Å². The Bertz CT molecular complexity index is 325. The van der Waals surface area contributed by atoms with Gasteiger partial charge in [-0.25, -0.2) is 0 Å². The average Bonchev–Trinajstić information content (AvgIpc) is 2.68. The third kappa shape index (κ3) is 14.5. The summed E-state index contributed by atoms with van der Waals surface area (Å²) in [6, 6.07) is 0. The van der Waals surface area contributed by atoms with Crippen molar-refractivity contribution in [3.8, 4) is 0 Å². The molecule has 168 valence electrons. The molecule has 2 nitrogen and oxygen atoms in total. The molecule has 0 radical (unpaired) electrons. The molecule has 0 fully saturated rings. The number of unbranched alkanes of at least 4 members (excludes halogenated alkanes) is 15. The maximum Gasteiger partial charge on any atom is 0.223 e. The zero-order chi connectivity index (χ0) is 20.9. The lowest BCUT2D eigenvalue weighted by molar-refractivity contribution is -0.129. The first-order valence-electron chi connectivity index (χ1n) is 12.9. The van der Waals surface area contributed by atoms with Crippen molar-refractivity contribution in [2.24, 2.45) is 11.1 Å². The molecule has 0 aromatic heterocycles. The number of nitrogens with two attached hydrogens (primary N) is 1. The Kier molecular flexibility index (Phi) is 19.4. The number of primary amides is 1. The van der Waals surface area contributed by atoms with Crippen LogP contribution in [-0.4, -0.2) is 5.91 Å². The lowest BCUT2D eigenvalue weighted by Gasteiger charge is -2.31. The maximum atomic E-state index is 12.5. The van der Waals surface area contributed by atoms with Gasteiger partial charge in [-0.15, -0.1) is 0 Å². The van der Waals surface area contributed by atoms with E-state index in [1.807, 2.05) is 0 Å². The van der Waals surface area contributed by atoms with Crippen molar-refractivity contribution in [3.63, 3.8) is 0 Å². The second-order valence-electron chi connectivity index (χ2n) is 9.20. The van der Waals surface area contributed by atoms with Crippen LogP contribution < -0.4 is 5.73 Å². The summed E-state index contributed by atoms with van der Waals surface area (Å²) in [5.74, 6) is -0.0126. The fourth-order valence-corrected chi connectivity index (χ4v) is 4.48. The molecular formula is C26H53NO. The minimum absolute atomic E-state index is 0.0126. The summed E-state index contributed by atoms with van der Waals surface area (Å²) in [5, 5.41) is 0. The van der Waals surface area contributed by atoms with Crippen LogP contribution in [0.15, 0.2) is 0 Å². The predicted molar refractivity (Wildman–Crippen MR) is 126 cm³/mol. The van der Waals surface area contributed by atoms with Crippen LogP contribution in [-0.2, 0) is 4.79 Å². The highest BCUT2D eigenvalue weighted by Gasteiger charge is 2.34. The molecule has 0 saturated carbocycles. The first-order chi connectivity index (χ1) is 13.6. The van der Waals surface area contributed by atoms with E-state index in [0.717, 1.165) is 19.3 Å². The Morgan fingerprint density at radius 2 is 0.750 bits per heavy atom. The summed E-state index contributed by atoms with van der Waals surface area (Å²) >= 11 is 0. The monoisotopic (exact) mass is 395 g/mol. The van der Waals surface area contributed by atoms with E-state index < -0.39 is 0 Å². The largest absolute Gasteiger partial charge is 0.369 e. The Hall–Kier alpha value is -0.530. The highest BCUT2D eigenvalue weighted by molar-refractivity contribution is 5.80. The van der Waals surface area contributed by atoms with Crippen LogP contribution in [0.5, 0.6) is 0 Å². The van der Waals surface area contributed by atoms with Gasteiger partial charge in [0.1, 0.15) is 0 Å². The third-order valence-electron chi connectivity index (χ3n) is 6.55. The van der Waals surface area contributed by atoms with E-state index >= 15 is 0 Å². The summed E-state index contributed by atoms with van der Waals surface area (Å²) in [6.45, 7) is 6.78. The van der Waals surface area contributed by atoms with Gasteiger partial charge in [-0.2, -0.15) is 0 Å². The lowest BCUT2D eigenvalue weighted by atomic mass is 9.73. The Balaban J connectivity index is 4.41. The molecule has 0 rings (SSSR count). The van der Waals surface area contributed by atoms with Crippen molar-refractivity contribution in [1.29, 1.82) is 0 Å². The summed E-state index contributed by atoms with van der Waals surface area (Å²) in [6.07, 6.45) is 26.3. The zero-order valence-electron chi connectivity index (χ0n) is 19.8. The second kappa shape index (κ2) is 19.8. The van der Waals surface area contributed by atoms with Gasteiger partial charge in [0.05, 0.1) is 0 Å². The van der Waals surface area contributed by atoms with Crippen LogP contribution in [0, 0.1) is 5.41 Å². The summed E-state index contributed by atoms with van der Waals surface area (Å²) in [7, 11) is 0. The molecule has 0 aromatic carbocycles. The van der Waals surface area contributed by atoms with E-state index in [9.17, 15) is 4.79 Å². The van der Waals surface area contributed by atoms with Crippen molar-refractivity contribution >= 4 is 5.91 Å². The van der Waals surface area contributed by atoms with E-state index in [2.05, 4.69) is 20.8 Å². The molecule has 2 N–H and O–H groups in total. The molecule has 0 saturated heterocycles. The molecular weight excluding hydrogens is 342 g/mol. The van der Waals surface area contributed by atoms with Gasteiger partial charge in [0.25, 0.3) is 0 Å². The Labute approximate surface area is 177 Å². The van der Waals surface area contributed by atoms with E-state index in [1.54, 1.807) is 0 Å². The highest BCUT2D eigenvalue weighted by Crippen LogP contribution is 2.37. The van der Waals surface area contributed by atoms with E-state index in [1.165, 1.54) is 116 Å². The van der Waals surface area contributed by atoms with Gasteiger partial charge >= 0.3 is 0 Å². The number of carbonyl (C=O) groups excluding carboxylic acids is 1. The van der Waals surface area contributed by atoms with Gasteiger partial charge in [0.2, 0.25) is 5.91 Å². The normalized spacial score (nSPS) is 11.8. The van der Waals surface area contributed by atoms with Gasteiger partial charge in [0.15, 0.2) is 0 Å². The van der Waals surface area contributed by atoms with E-state index in [-0.39, 0.29) is 11.3 Å². The van der Waals surface area contributed by atoms with E-state index in [0.29, 0.717) is 0 Å². The van der Waals surface area contributed by atoms with Gasteiger partial charge in [0, 0.05) is 5.41 Å². The minimum Gasteiger partial charge on any atom is -0.369 e. The molecule has 0 aromatic rings. The van der Waals surface area contributed by atoms with Gasteiger partial charge < -0.3 is 5.73 Å². The number of carbonyl (C=O) groups is 1. The van der Waals surface area contributed by atoms with Crippen LogP contribution >= 0.6 is 0 Å². The van der Waals surface area contributed by atoms with Crippen LogP contribution in [0.1, 0.15) is 156 Å². The SMILES string of the molecule is CCCCCCCCCCC(CCCCCCC)(CCCCCCC)C(N)=O. The molecule has 0 aliphatic rings. The smallest absolute Gasteiger partial charge is 0.223 e. The molecule has 0 bridgehead atoms. The van der Waals surface area contributed by atoms with Crippen molar-refractivity contribution < 1.29 is 4.79 Å². The first-order valence-corrected chi connectivity index (χ1v) is 12.9. The Morgan fingerprint density at radius 3 is 1.00 bits per heavy atom. The number of amides is 1. The quantitative estimate of drug-likeness (QED) is 0.183. The molecule has 1 amide bonds. The van der Waals surface area contributed by atoms with Crippen molar-refractivity contribution in [3.05, 3.63) is 0 Å². The molecule has 2 heteroatoms. The fourth-order valence-electron chi connectivity index (χ4n) is 4.48. The van der Waals surface area contributed by atoms with E-state index in [4.69, 9.17) is 5.73 Å². The second-order valence-corrected chi connectivity index (χ2v) is 9.20. The minimum atomic E-state index is -0.222. The zero-order valence-corrected chi connectivity index (χ0v) is 19.8. The first kappa shape index (κ1) is 27.5. The summed E-state index contributed by atoms with van der Waals surface area (Å²) < 4.78 is 0. The number of rotatable bonds is 22. The lowest BCUT2D eigenvalue weighted by Crippen LogP contribution is -2.37. The van der Waals surface area contributed by atoms with Gasteiger partial charge in [-0.1, -0.05) is 136 Å². The number of hydrogen-bond donors (Lipinski definition) is 1. The van der Waals surface area contributed by atoms with Crippen molar-refractivity contribution in [1.82, 2.24) is 0 Å². The summed E-state index contributed by atoms with van der Waals surface area (Å²) in [4.78, 5) is 12.5. The third-order valence-corrected chi connectivity index (χ3v) is 6.55. The topological polar surface area (TPSA) is 43.1 Å². The standard InChI is InChI=1S/C26H53NO/c1-4-7-10-13-14-15-18-21-24-26(25(27)28,22-19-16-11-8-5-2)23-20-17-12-9-6-3/h4-24H2,1-3H3,(H2,27,28). The molecule has 0 spiro atoms. The molecule has 0 heterocycles. The molecule has 0 atom stereocenters. The van der Waals surface area contributed by atoms with Crippen LogP contribution in [0.2, 0.25) is 0 Å². The van der Waals surface area contributed by atoms with Crippen molar-refractivity contribution in [2.45, 2.75) is 156 Å². The Morgan fingerprint density at radius 1 is 0.500 bits per heavy atom. The summed E-state index contributed by atoms with van der Waals surface area (Å²) in [5.41, 5.74) is 5.79. The maximum absolute atomic E-state index is 12.5. The molecule has 28 heavy (non-hydrogen) atoms.